The van der Waals surface area contributed by atoms with Crippen LogP contribution in [0.2, 0.25) is 0 Å². The molecule has 2 aliphatic rings. The molecule has 1 aromatic carbocycles. The third-order valence-electron chi connectivity index (χ3n) is 4.23. The zero-order valence-corrected chi connectivity index (χ0v) is 11.6. The van der Waals surface area contributed by atoms with Gasteiger partial charge in [0.2, 0.25) is 12.6 Å². The van der Waals surface area contributed by atoms with Crippen molar-refractivity contribution in [2.75, 3.05) is 13.7 Å². The first kappa shape index (κ1) is 13.0. The van der Waals surface area contributed by atoms with Crippen LogP contribution in [0.3, 0.4) is 0 Å². The molecule has 0 saturated heterocycles. The Morgan fingerprint density at radius 3 is 2.95 bits per heavy atom. The molecule has 4 nitrogen and oxygen atoms in total. The highest BCUT2D eigenvalue weighted by molar-refractivity contribution is 5.97. The fourth-order valence-corrected chi connectivity index (χ4v) is 3.12. The van der Waals surface area contributed by atoms with Crippen LogP contribution in [-0.2, 0) is 4.79 Å². The number of methoxy groups -OCH3 is 1. The first-order chi connectivity index (χ1) is 9.69. The van der Waals surface area contributed by atoms with Crippen molar-refractivity contribution in [1.29, 1.82) is 0 Å². The number of ketones is 1. The van der Waals surface area contributed by atoms with Gasteiger partial charge in [-0.25, -0.2) is 0 Å². The molecule has 0 spiro atoms. The molecular formula is C16H18NO3+. The number of carbonyl (C=O) groups is 1. The Morgan fingerprint density at radius 1 is 1.30 bits per heavy atom. The molecule has 0 aromatic heterocycles. The molecule has 4 heteroatoms. The number of nitroso groups, excluding NO2 is 1. The van der Waals surface area contributed by atoms with Crippen molar-refractivity contribution >= 4 is 5.78 Å². The lowest BCUT2D eigenvalue weighted by atomic mass is 9.82. The fourth-order valence-electron chi connectivity index (χ4n) is 3.12. The minimum Gasteiger partial charge on any atom is -0.497 e. The highest BCUT2D eigenvalue weighted by Gasteiger charge is 2.39. The normalized spacial score (nSPS) is 22.8. The average Bonchev–Trinajstić information content (AvgIpc) is 2.48. The Morgan fingerprint density at radius 2 is 2.15 bits per heavy atom. The van der Waals surface area contributed by atoms with E-state index in [1.54, 1.807) is 7.11 Å². The van der Waals surface area contributed by atoms with Gasteiger partial charge in [-0.1, -0.05) is 12.1 Å². The van der Waals surface area contributed by atoms with Gasteiger partial charge < -0.3 is 4.74 Å². The molecule has 0 bridgehead atoms. The summed E-state index contributed by atoms with van der Waals surface area (Å²) in [5, 5.41) is 0. The third kappa shape index (κ3) is 2.26. The van der Waals surface area contributed by atoms with Crippen molar-refractivity contribution in [2.24, 2.45) is 0 Å². The van der Waals surface area contributed by atoms with Crippen molar-refractivity contribution in [2.45, 2.75) is 31.7 Å². The Bertz CT molecular complexity index is 603. The largest absolute Gasteiger partial charge is 0.497 e. The lowest BCUT2D eigenvalue weighted by Crippen LogP contribution is -2.30. The van der Waals surface area contributed by atoms with Crippen LogP contribution >= 0.6 is 0 Å². The summed E-state index contributed by atoms with van der Waals surface area (Å²) in [5.74, 6) is 0.923. The van der Waals surface area contributed by atoms with E-state index in [0.29, 0.717) is 12.8 Å². The summed E-state index contributed by atoms with van der Waals surface area (Å²) in [4.78, 5) is 24.2. The molecule has 104 valence electrons. The van der Waals surface area contributed by atoms with E-state index in [1.807, 2.05) is 24.3 Å². The van der Waals surface area contributed by atoms with Crippen molar-refractivity contribution < 1.29 is 14.3 Å². The van der Waals surface area contributed by atoms with E-state index in [4.69, 9.17) is 4.74 Å². The zero-order chi connectivity index (χ0) is 14.1. The van der Waals surface area contributed by atoms with Crippen LogP contribution in [0.5, 0.6) is 5.75 Å². The number of nitrogens with zero attached hydrogens (tertiary/aromatic N) is 1. The third-order valence-corrected chi connectivity index (χ3v) is 4.23. The summed E-state index contributed by atoms with van der Waals surface area (Å²) in [6, 6.07) is 7.43. The molecular weight excluding hydrogens is 254 g/mol. The van der Waals surface area contributed by atoms with E-state index in [-0.39, 0.29) is 18.4 Å². The van der Waals surface area contributed by atoms with E-state index in [9.17, 15) is 9.70 Å². The van der Waals surface area contributed by atoms with Crippen molar-refractivity contribution in [3.63, 3.8) is 0 Å². The van der Waals surface area contributed by atoms with Gasteiger partial charge in [-0.3, -0.25) is 4.79 Å². The van der Waals surface area contributed by atoms with Crippen molar-refractivity contribution in [3.8, 4) is 5.75 Å². The molecule has 1 aromatic rings. The van der Waals surface area contributed by atoms with Gasteiger partial charge in [-0.05, 0) is 30.5 Å². The monoisotopic (exact) mass is 272 g/mol. The predicted octanol–water partition coefficient (Wildman–Crippen LogP) is 2.97. The van der Waals surface area contributed by atoms with Gasteiger partial charge in [0.25, 0.3) is 0 Å². The summed E-state index contributed by atoms with van der Waals surface area (Å²) in [7, 11) is 1.62. The Kier molecular flexibility index (Phi) is 3.38. The number of Topliss-reactive ketones (excluding diaryl/α,β-unsaturated/α-hetero) is 1. The standard InChI is InChI=1S/C16H18NO3/c1-20-13-6-2-5-12(8-13)15-9-11-4-3-7-16(18)14(11)10-17(15)19/h2,5-6,8,15H,3-4,7,9-10H2,1H3/q+1/t15-/m0/s1. The zero-order valence-electron chi connectivity index (χ0n) is 11.6. The van der Waals surface area contributed by atoms with Gasteiger partial charge in [-0.2, -0.15) is 0 Å². The number of carbonyl (C=O) groups excluding carboxylic acids is 1. The second-order valence-corrected chi connectivity index (χ2v) is 5.43. The fraction of sp³-hybridized carbons (Fsp3) is 0.438. The van der Waals surface area contributed by atoms with Gasteiger partial charge in [-0.15, -0.1) is 0 Å². The first-order valence-electron chi connectivity index (χ1n) is 7.01. The van der Waals surface area contributed by atoms with Crippen LogP contribution in [0, 0.1) is 4.91 Å². The topological polar surface area (TPSA) is 46.4 Å². The minimum atomic E-state index is -0.199. The summed E-state index contributed by atoms with van der Waals surface area (Å²) in [5.41, 5.74) is 2.91. The lowest BCUT2D eigenvalue weighted by molar-refractivity contribution is -0.588. The summed E-state index contributed by atoms with van der Waals surface area (Å²) >= 11 is 0. The average molecular weight is 272 g/mol. The Balaban J connectivity index is 1.92. The van der Waals surface area contributed by atoms with E-state index < -0.39 is 0 Å². The Labute approximate surface area is 118 Å². The molecule has 20 heavy (non-hydrogen) atoms. The van der Waals surface area contributed by atoms with Gasteiger partial charge >= 0.3 is 0 Å². The quantitative estimate of drug-likeness (QED) is 0.778. The van der Waals surface area contributed by atoms with Crippen LogP contribution in [0.15, 0.2) is 35.4 Å². The van der Waals surface area contributed by atoms with Gasteiger partial charge in [0.1, 0.15) is 5.75 Å². The van der Waals surface area contributed by atoms with Crippen LogP contribution < -0.4 is 4.74 Å². The molecule has 0 amide bonds. The van der Waals surface area contributed by atoms with Crippen LogP contribution in [-0.4, -0.2) is 24.2 Å². The van der Waals surface area contributed by atoms with Crippen LogP contribution in [0.1, 0.15) is 37.3 Å². The minimum absolute atomic E-state index is 0.163. The van der Waals surface area contributed by atoms with E-state index in [1.165, 1.54) is 5.57 Å². The molecule has 0 N–H and O–H groups in total. The number of hydrogen-bond donors (Lipinski definition) is 0. The summed E-state index contributed by atoms with van der Waals surface area (Å²) in [6.45, 7) is 0.232. The molecule has 0 fully saturated rings. The van der Waals surface area contributed by atoms with Gasteiger partial charge in [0, 0.05) is 28.1 Å². The van der Waals surface area contributed by atoms with Crippen LogP contribution in [0.25, 0.3) is 0 Å². The van der Waals surface area contributed by atoms with E-state index >= 15 is 0 Å². The molecule has 1 aliphatic heterocycles. The molecule has 0 radical (unpaired) electrons. The SMILES string of the molecule is COc1cccc([C@@H]2CC3=C(C[N+]2=O)C(=O)CCC3)c1. The summed E-state index contributed by atoms with van der Waals surface area (Å²) < 4.78 is 6.26. The maximum absolute atomic E-state index is 12.3. The number of hydrogen-bond acceptors (Lipinski definition) is 3. The molecule has 1 atom stereocenters. The Hall–Kier alpha value is -1.97. The highest BCUT2D eigenvalue weighted by atomic mass is 16.5. The number of ether oxygens (including phenoxy) is 1. The first-order valence-corrected chi connectivity index (χ1v) is 7.01. The van der Waals surface area contributed by atoms with Crippen LogP contribution in [0.4, 0.5) is 0 Å². The summed E-state index contributed by atoms with van der Waals surface area (Å²) in [6.07, 6.45) is 3.13. The predicted molar refractivity (Wildman–Crippen MR) is 74.7 cm³/mol. The second-order valence-electron chi connectivity index (χ2n) is 5.43. The molecule has 3 rings (SSSR count). The lowest BCUT2D eigenvalue weighted by Gasteiger charge is -2.24. The van der Waals surface area contributed by atoms with Gasteiger partial charge in [0.15, 0.2) is 5.78 Å². The smallest absolute Gasteiger partial charge is 0.230 e. The van der Waals surface area contributed by atoms with Gasteiger partial charge in [0.05, 0.1) is 12.7 Å². The van der Waals surface area contributed by atoms with E-state index in [0.717, 1.165) is 34.5 Å². The maximum Gasteiger partial charge on any atom is 0.230 e. The molecule has 0 saturated carbocycles. The van der Waals surface area contributed by atoms with Crippen molar-refractivity contribution in [1.82, 2.24) is 0 Å². The molecule has 0 unspecified atom stereocenters. The molecule has 1 heterocycles. The number of rotatable bonds is 2. The van der Waals surface area contributed by atoms with Crippen molar-refractivity contribution in [3.05, 3.63) is 45.9 Å². The van der Waals surface area contributed by atoms with E-state index in [2.05, 4.69) is 0 Å². The maximum atomic E-state index is 12.3. The highest BCUT2D eigenvalue weighted by Crippen LogP contribution is 2.37. The number of benzene rings is 1. The second kappa shape index (κ2) is 5.19. The molecule has 1 aliphatic carbocycles.